The van der Waals surface area contributed by atoms with Crippen LogP contribution in [0.2, 0.25) is 0 Å². The molecule has 0 aromatic heterocycles. The Morgan fingerprint density at radius 2 is 1.71 bits per heavy atom. The molecule has 8 nitrogen and oxygen atoms in total. The number of morpholine rings is 1. The minimum Gasteiger partial charge on any atom is -0.493 e. The van der Waals surface area contributed by atoms with Crippen molar-refractivity contribution in [1.29, 1.82) is 5.26 Å². The smallest absolute Gasteiger partial charge is 0.266 e. The Hall–Kier alpha value is -3.70. The number of nitriles is 1. The number of amides is 1. The largest absolute Gasteiger partial charge is 0.493 e. The molecule has 0 unspecified atom stereocenters. The first-order valence-corrected chi connectivity index (χ1v) is 9.76. The molecule has 8 heteroatoms. The number of carbonyl (C=O) groups excluding carboxylic acids is 1. The lowest BCUT2D eigenvalue weighted by atomic mass is 10.1. The molecule has 1 saturated heterocycles. The highest BCUT2D eigenvalue weighted by molar-refractivity contribution is 6.10. The van der Waals surface area contributed by atoms with Crippen molar-refractivity contribution < 1.29 is 23.7 Å². The van der Waals surface area contributed by atoms with E-state index in [2.05, 4.69) is 10.2 Å². The second-order valence-corrected chi connectivity index (χ2v) is 6.69. The van der Waals surface area contributed by atoms with Gasteiger partial charge >= 0.3 is 0 Å². The molecule has 0 bridgehead atoms. The fourth-order valence-electron chi connectivity index (χ4n) is 3.32. The number of nitrogens with one attached hydrogen (secondary N) is 1. The summed E-state index contributed by atoms with van der Waals surface area (Å²) in [6.45, 7) is 3.07. The number of hydrogen-bond donors (Lipinski definition) is 1. The fourth-order valence-corrected chi connectivity index (χ4v) is 3.32. The number of benzene rings is 2. The standard InChI is InChI=1S/C23H25N3O5/c1-28-20-9-4-16(21(29-2)22(20)30-3)14-17(15-24)23(27)25-18-5-7-19(8-6-18)26-10-12-31-13-11-26/h4-9,14H,10-13H2,1-3H3,(H,25,27)/b17-14+. The summed E-state index contributed by atoms with van der Waals surface area (Å²) in [4.78, 5) is 14.9. The predicted octanol–water partition coefficient (Wildman–Crippen LogP) is 3.09. The van der Waals surface area contributed by atoms with Gasteiger partial charge in [0.1, 0.15) is 11.6 Å². The third-order valence-corrected chi connectivity index (χ3v) is 4.90. The van der Waals surface area contributed by atoms with Gasteiger partial charge in [-0.1, -0.05) is 0 Å². The predicted molar refractivity (Wildman–Crippen MR) is 118 cm³/mol. The van der Waals surface area contributed by atoms with Gasteiger partial charge in [0.15, 0.2) is 11.5 Å². The van der Waals surface area contributed by atoms with Gasteiger partial charge in [0.2, 0.25) is 5.75 Å². The van der Waals surface area contributed by atoms with Crippen molar-refractivity contribution >= 4 is 23.4 Å². The fraction of sp³-hybridized carbons (Fsp3) is 0.304. The molecule has 0 aliphatic carbocycles. The van der Waals surface area contributed by atoms with E-state index in [1.807, 2.05) is 30.3 Å². The Morgan fingerprint density at radius 1 is 1.03 bits per heavy atom. The molecule has 3 rings (SSSR count). The van der Waals surface area contributed by atoms with E-state index >= 15 is 0 Å². The van der Waals surface area contributed by atoms with Gasteiger partial charge in [0.05, 0.1) is 34.5 Å². The van der Waals surface area contributed by atoms with E-state index in [1.54, 1.807) is 12.1 Å². The van der Waals surface area contributed by atoms with Gasteiger partial charge in [0, 0.05) is 30.0 Å². The number of ether oxygens (including phenoxy) is 4. The summed E-state index contributed by atoms with van der Waals surface area (Å²) in [6, 6.07) is 12.8. The molecule has 0 radical (unpaired) electrons. The topological polar surface area (TPSA) is 93.1 Å². The molecule has 1 fully saturated rings. The van der Waals surface area contributed by atoms with E-state index in [-0.39, 0.29) is 5.57 Å². The van der Waals surface area contributed by atoms with Crippen molar-refractivity contribution in [1.82, 2.24) is 0 Å². The van der Waals surface area contributed by atoms with Gasteiger partial charge in [-0.25, -0.2) is 0 Å². The molecule has 1 N–H and O–H groups in total. The van der Waals surface area contributed by atoms with Crippen LogP contribution in [0.25, 0.3) is 6.08 Å². The zero-order chi connectivity index (χ0) is 22.2. The molecule has 1 amide bonds. The molecule has 0 saturated carbocycles. The van der Waals surface area contributed by atoms with Crippen LogP contribution < -0.4 is 24.4 Å². The molecule has 1 heterocycles. The highest BCUT2D eigenvalue weighted by atomic mass is 16.5. The Labute approximate surface area is 181 Å². The molecule has 2 aromatic rings. The second kappa shape index (κ2) is 10.4. The van der Waals surface area contributed by atoms with Gasteiger partial charge in [-0.2, -0.15) is 5.26 Å². The maximum Gasteiger partial charge on any atom is 0.266 e. The number of rotatable bonds is 7. The molecular formula is C23H25N3O5. The number of hydrogen-bond acceptors (Lipinski definition) is 7. The van der Waals surface area contributed by atoms with Crippen LogP contribution in [0.1, 0.15) is 5.56 Å². The molecule has 0 spiro atoms. The zero-order valence-corrected chi connectivity index (χ0v) is 17.8. The molecule has 31 heavy (non-hydrogen) atoms. The lowest BCUT2D eigenvalue weighted by Gasteiger charge is -2.28. The SMILES string of the molecule is COc1ccc(/C=C(\C#N)C(=O)Nc2ccc(N3CCOCC3)cc2)c(OC)c1OC. The summed E-state index contributed by atoms with van der Waals surface area (Å²) in [5.41, 5.74) is 2.12. The van der Waals surface area contributed by atoms with Crippen molar-refractivity contribution in [3.63, 3.8) is 0 Å². The van der Waals surface area contributed by atoms with Crippen LogP contribution in [0, 0.1) is 11.3 Å². The van der Waals surface area contributed by atoms with Gasteiger partial charge in [-0.15, -0.1) is 0 Å². The third kappa shape index (κ3) is 5.08. The van der Waals surface area contributed by atoms with Crippen LogP contribution in [-0.2, 0) is 9.53 Å². The molecule has 2 aromatic carbocycles. The summed E-state index contributed by atoms with van der Waals surface area (Å²) in [5, 5.41) is 12.3. The summed E-state index contributed by atoms with van der Waals surface area (Å²) in [5.74, 6) is 0.727. The van der Waals surface area contributed by atoms with Crippen molar-refractivity contribution in [2.45, 2.75) is 0 Å². The molecule has 162 valence electrons. The molecule has 1 aliphatic rings. The van der Waals surface area contributed by atoms with Gasteiger partial charge in [-0.3, -0.25) is 4.79 Å². The van der Waals surface area contributed by atoms with E-state index < -0.39 is 5.91 Å². The number of nitrogens with zero attached hydrogens (tertiary/aromatic N) is 2. The number of anilines is 2. The highest BCUT2D eigenvalue weighted by Crippen LogP contribution is 2.40. The summed E-state index contributed by atoms with van der Waals surface area (Å²) >= 11 is 0. The Morgan fingerprint density at radius 3 is 2.29 bits per heavy atom. The van der Waals surface area contributed by atoms with Crippen LogP contribution in [0.3, 0.4) is 0 Å². The van der Waals surface area contributed by atoms with E-state index in [0.717, 1.165) is 18.8 Å². The van der Waals surface area contributed by atoms with Crippen LogP contribution in [0.15, 0.2) is 42.0 Å². The van der Waals surface area contributed by atoms with Gasteiger partial charge < -0.3 is 29.2 Å². The Kier molecular flexibility index (Phi) is 7.35. The number of methoxy groups -OCH3 is 3. The molecular weight excluding hydrogens is 398 g/mol. The van der Waals surface area contributed by atoms with Crippen LogP contribution in [0.5, 0.6) is 17.2 Å². The first-order valence-electron chi connectivity index (χ1n) is 9.76. The number of carbonyl (C=O) groups is 1. The van der Waals surface area contributed by atoms with Crippen molar-refractivity contribution in [3.8, 4) is 23.3 Å². The van der Waals surface area contributed by atoms with Crippen LogP contribution >= 0.6 is 0 Å². The summed E-state index contributed by atoms with van der Waals surface area (Å²) in [6.07, 6.45) is 1.46. The average Bonchev–Trinajstić information content (AvgIpc) is 2.82. The Balaban J connectivity index is 1.79. The summed E-state index contributed by atoms with van der Waals surface area (Å²) < 4.78 is 21.4. The quantitative estimate of drug-likeness (QED) is 0.540. The van der Waals surface area contributed by atoms with Gasteiger partial charge in [-0.05, 0) is 42.5 Å². The lowest BCUT2D eigenvalue weighted by Crippen LogP contribution is -2.36. The normalized spacial score (nSPS) is 13.9. The van der Waals surface area contributed by atoms with Gasteiger partial charge in [0.25, 0.3) is 5.91 Å². The van der Waals surface area contributed by atoms with E-state index in [0.29, 0.717) is 41.7 Å². The van der Waals surface area contributed by atoms with E-state index in [9.17, 15) is 10.1 Å². The maximum atomic E-state index is 12.7. The maximum absolute atomic E-state index is 12.7. The van der Waals surface area contributed by atoms with Crippen LogP contribution in [0.4, 0.5) is 11.4 Å². The molecule has 0 atom stereocenters. The monoisotopic (exact) mass is 423 g/mol. The van der Waals surface area contributed by atoms with Crippen molar-refractivity contribution in [2.75, 3.05) is 57.8 Å². The Bertz CT molecular complexity index is 990. The second-order valence-electron chi connectivity index (χ2n) is 6.69. The zero-order valence-electron chi connectivity index (χ0n) is 17.8. The van der Waals surface area contributed by atoms with Crippen LogP contribution in [-0.4, -0.2) is 53.5 Å². The first-order chi connectivity index (χ1) is 15.1. The third-order valence-electron chi connectivity index (χ3n) is 4.90. The average molecular weight is 423 g/mol. The minimum absolute atomic E-state index is 0.0669. The molecule has 1 aliphatic heterocycles. The minimum atomic E-state index is -0.515. The van der Waals surface area contributed by atoms with Crippen molar-refractivity contribution in [3.05, 3.63) is 47.5 Å². The summed E-state index contributed by atoms with van der Waals surface area (Å²) in [7, 11) is 4.49. The van der Waals surface area contributed by atoms with Crippen molar-refractivity contribution in [2.24, 2.45) is 0 Å². The highest BCUT2D eigenvalue weighted by Gasteiger charge is 2.17. The van der Waals surface area contributed by atoms with E-state index in [4.69, 9.17) is 18.9 Å². The first kappa shape index (κ1) is 22.0. The van der Waals surface area contributed by atoms with E-state index in [1.165, 1.54) is 27.4 Å². The lowest BCUT2D eigenvalue weighted by molar-refractivity contribution is -0.112.